The second-order valence-electron chi connectivity index (χ2n) is 14.3. The molecule has 9 heteroatoms. The zero-order chi connectivity index (χ0) is 36.5. The van der Waals surface area contributed by atoms with Gasteiger partial charge in [-0.05, 0) is 51.4 Å². The van der Waals surface area contributed by atoms with Gasteiger partial charge in [-0.15, -0.1) is 0 Å². The van der Waals surface area contributed by atoms with Crippen LogP contribution in [-0.2, 0) is 18.4 Å². The lowest BCUT2D eigenvalue weighted by molar-refractivity contribution is -0.870. The van der Waals surface area contributed by atoms with Gasteiger partial charge < -0.3 is 28.8 Å². The molecule has 8 nitrogen and oxygen atoms in total. The molecule has 0 radical (unpaired) electrons. The summed E-state index contributed by atoms with van der Waals surface area (Å²) in [6.45, 7) is 4.54. The molecule has 0 fully saturated rings. The number of rotatable bonds is 34. The summed E-state index contributed by atoms with van der Waals surface area (Å²) in [4.78, 5) is 25.2. The largest absolute Gasteiger partial charge is 0.756 e. The Morgan fingerprint density at radius 1 is 0.735 bits per heavy atom. The Morgan fingerprint density at radius 2 is 1.24 bits per heavy atom. The Balaban J connectivity index is 4.48. The van der Waals surface area contributed by atoms with Crippen molar-refractivity contribution in [3.63, 3.8) is 0 Å². The van der Waals surface area contributed by atoms with Gasteiger partial charge in [0.2, 0.25) is 5.91 Å². The molecule has 0 heterocycles. The van der Waals surface area contributed by atoms with E-state index in [2.05, 4.69) is 67.8 Å². The molecule has 0 aliphatic rings. The predicted molar refractivity (Wildman–Crippen MR) is 205 cm³/mol. The summed E-state index contributed by atoms with van der Waals surface area (Å²) >= 11 is 0. The minimum atomic E-state index is -4.56. The van der Waals surface area contributed by atoms with Crippen LogP contribution in [0.4, 0.5) is 0 Å². The van der Waals surface area contributed by atoms with Crippen molar-refractivity contribution in [2.24, 2.45) is 0 Å². The first-order valence-electron chi connectivity index (χ1n) is 19.5. The number of phosphoric acid groups is 1. The molecule has 0 saturated heterocycles. The van der Waals surface area contributed by atoms with Gasteiger partial charge in [0.15, 0.2) is 0 Å². The van der Waals surface area contributed by atoms with Crippen LogP contribution in [0.5, 0.6) is 0 Å². The van der Waals surface area contributed by atoms with E-state index in [1.807, 2.05) is 21.1 Å². The summed E-state index contributed by atoms with van der Waals surface area (Å²) in [5.41, 5.74) is 0. The van der Waals surface area contributed by atoms with Crippen LogP contribution < -0.4 is 10.2 Å². The summed E-state index contributed by atoms with van der Waals surface area (Å²) < 4.78 is 23.1. The number of phosphoric ester groups is 1. The highest BCUT2D eigenvalue weighted by Crippen LogP contribution is 2.38. The molecule has 0 aliphatic heterocycles. The van der Waals surface area contributed by atoms with Gasteiger partial charge in [0, 0.05) is 6.42 Å². The van der Waals surface area contributed by atoms with E-state index in [4.69, 9.17) is 9.05 Å². The first-order valence-corrected chi connectivity index (χ1v) is 20.9. The zero-order valence-electron chi connectivity index (χ0n) is 32.1. The second-order valence-corrected chi connectivity index (χ2v) is 15.7. The number of aliphatic hydroxyl groups is 1. The number of quaternary nitrogens is 1. The third-order valence-electron chi connectivity index (χ3n) is 8.33. The van der Waals surface area contributed by atoms with E-state index in [9.17, 15) is 19.4 Å². The van der Waals surface area contributed by atoms with Gasteiger partial charge in [-0.25, -0.2) is 0 Å². The third kappa shape index (κ3) is 34.7. The highest BCUT2D eigenvalue weighted by Gasteiger charge is 2.24. The van der Waals surface area contributed by atoms with Gasteiger partial charge in [-0.1, -0.05) is 140 Å². The van der Waals surface area contributed by atoms with Crippen LogP contribution in [0.25, 0.3) is 0 Å². The van der Waals surface area contributed by atoms with Crippen LogP contribution in [0, 0.1) is 0 Å². The number of aliphatic hydroxyl groups excluding tert-OH is 1. The number of nitrogens with zero attached hydrogens (tertiary/aromatic N) is 1. The molecular formula is C40H75N2O6P. The molecule has 0 saturated carbocycles. The minimum absolute atomic E-state index is 0.00471. The average Bonchev–Trinajstić information content (AvgIpc) is 3.04. The summed E-state index contributed by atoms with van der Waals surface area (Å²) in [6, 6.07) is -0.812. The van der Waals surface area contributed by atoms with Gasteiger partial charge in [0.25, 0.3) is 7.82 Å². The molecule has 286 valence electrons. The molecule has 3 atom stereocenters. The Morgan fingerprint density at radius 3 is 1.82 bits per heavy atom. The van der Waals surface area contributed by atoms with Gasteiger partial charge in [0.05, 0.1) is 39.9 Å². The van der Waals surface area contributed by atoms with Crippen LogP contribution in [0.1, 0.15) is 149 Å². The summed E-state index contributed by atoms with van der Waals surface area (Å²) in [5.74, 6) is -0.193. The lowest BCUT2D eigenvalue weighted by atomic mass is 10.0. The van der Waals surface area contributed by atoms with Crippen LogP contribution in [0.3, 0.4) is 0 Å². The zero-order valence-corrected chi connectivity index (χ0v) is 33.0. The number of carbonyl (C=O) groups is 1. The fourth-order valence-corrected chi connectivity index (χ4v) is 5.93. The van der Waals surface area contributed by atoms with Gasteiger partial charge >= 0.3 is 0 Å². The number of hydrogen-bond donors (Lipinski definition) is 2. The minimum Gasteiger partial charge on any atom is -0.756 e. The highest BCUT2D eigenvalue weighted by atomic mass is 31.2. The normalized spacial score (nSPS) is 15.2. The highest BCUT2D eigenvalue weighted by molar-refractivity contribution is 7.45. The number of unbranched alkanes of at least 4 members (excludes halogenated alkanes) is 13. The molecule has 0 bridgehead atoms. The van der Waals surface area contributed by atoms with Crippen molar-refractivity contribution in [1.29, 1.82) is 0 Å². The molecule has 0 aromatic carbocycles. The topological polar surface area (TPSA) is 108 Å². The SMILES string of the molecule is CC/C=C\C/C=C\C/C=C\C/C=C\CCCCCCC(=O)NC(COP(=O)([O-])OCC[N+](C)(C)C)C(O)CCCCCCCCCCCC. The third-order valence-corrected chi connectivity index (χ3v) is 9.30. The van der Waals surface area contributed by atoms with E-state index in [1.54, 1.807) is 0 Å². The molecular weight excluding hydrogens is 635 g/mol. The maximum absolute atomic E-state index is 12.8. The molecule has 49 heavy (non-hydrogen) atoms. The molecule has 0 aromatic heterocycles. The van der Waals surface area contributed by atoms with Crippen LogP contribution in [0.15, 0.2) is 48.6 Å². The van der Waals surface area contributed by atoms with Gasteiger partial charge in [-0.2, -0.15) is 0 Å². The van der Waals surface area contributed by atoms with Crippen LogP contribution >= 0.6 is 7.82 Å². The van der Waals surface area contributed by atoms with E-state index in [0.29, 0.717) is 23.9 Å². The number of carbonyl (C=O) groups excluding carboxylic acids is 1. The molecule has 0 rings (SSSR count). The van der Waals surface area contributed by atoms with E-state index in [1.165, 1.54) is 44.9 Å². The quantitative estimate of drug-likeness (QED) is 0.0298. The van der Waals surface area contributed by atoms with Crippen LogP contribution in [0.2, 0.25) is 0 Å². The molecule has 1 amide bonds. The number of amides is 1. The van der Waals surface area contributed by atoms with Crippen LogP contribution in [-0.4, -0.2) is 68.5 Å². The van der Waals surface area contributed by atoms with E-state index >= 15 is 0 Å². The second kappa shape index (κ2) is 32.4. The van der Waals surface area contributed by atoms with Crippen molar-refractivity contribution in [1.82, 2.24) is 5.32 Å². The molecule has 0 aliphatic carbocycles. The van der Waals surface area contributed by atoms with Crippen molar-refractivity contribution >= 4 is 13.7 Å². The number of allylic oxidation sites excluding steroid dienone is 8. The molecule has 2 N–H and O–H groups in total. The van der Waals surface area contributed by atoms with E-state index in [0.717, 1.165) is 77.0 Å². The Bertz CT molecular complexity index is 944. The summed E-state index contributed by atoms with van der Waals surface area (Å²) in [7, 11) is 1.27. The number of likely N-dealkylation sites (N-methyl/N-ethyl adjacent to an activating group) is 1. The monoisotopic (exact) mass is 711 g/mol. The van der Waals surface area contributed by atoms with Crippen molar-refractivity contribution in [3.05, 3.63) is 48.6 Å². The van der Waals surface area contributed by atoms with Crippen molar-refractivity contribution < 1.29 is 32.9 Å². The van der Waals surface area contributed by atoms with E-state index in [-0.39, 0.29) is 19.1 Å². The number of hydrogen-bond acceptors (Lipinski definition) is 6. The lowest BCUT2D eigenvalue weighted by Gasteiger charge is -2.30. The molecule has 0 aromatic rings. The fourth-order valence-electron chi connectivity index (χ4n) is 5.20. The summed E-state index contributed by atoms with van der Waals surface area (Å²) in [6.07, 6.45) is 38.2. The first-order chi connectivity index (χ1) is 23.5. The maximum Gasteiger partial charge on any atom is 0.268 e. The van der Waals surface area contributed by atoms with Crippen molar-refractivity contribution in [3.8, 4) is 0 Å². The Kier molecular flexibility index (Phi) is 31.4. The van der Waals surface area contributed by atoms with E-state index < -0.39 is 20.0 Å². The van der Waals surface area contributed by atoms with Gasteiger partial charge in [0.1, 0.15) is 13.2 Å². The Hall–Kier alpha value is -1.54. The molecule has 0 spiro atoms. The molecule has 3 unspecified atom stereocenters. The van der Waals surface area contributed by atoms with Crippen molar-refractivity contribution in [2.75, 3.05) is 40.9 Å². The fraction of sp³-hybridized carbons (Fsp3) is 0.775. The first kappa shape index (κ1) is 47.5. The standard InChI is InChI=1S/C40H75N2O6P/c1-6-8-10-12-14-16-18-19-20-21-22-23-24-26-28-30-32-34-40(44)41-38(37-48-49(45,46)47-36-35-42(3,4)5)39(43)33-31-29-27-25-17-15-13-11-9-7-2/h8,10,14,16,19-20,22-23,38-39,43H,6-7,9,11-13,15,17-18,21,24-37H2,1-5H3,(H-,41,44,45,46)/b10-8-,16-14-,20-19-,23-22-. The average molecular weight is 711 g/mol. The smallest absolute Gasteiger partial charge is 0.268 e. The Labute approximate surface area is 301 Å². The maximum atomic E-state index is 12.8. The van der Waals surface area contributed by atoms with Gasteiger partial charge in [-0.3, -0.25) is 9.36 Å². The number of nitrogens with one attached hydrogen (secondary N) is 1. The summed E-state index contributed by atoms with van der Waals surface area (Å²) in [5, 5.41) is 13.8. The predicted octanol–water partition coefficient (Wildman–Crippen LogP) is 9.50. The lowest BCUT2D eigenvalue weighted by Crippen LogP contribution is -2.46. The van der Waals surface area contributed by atoms with Crippen molar-refractivity contribution in [2.45, 2.75) is 161 Å².